The summed E-state index contributed by atoms with van der Waals surface area (Å²) in [6.07, 6.45) is 5.18. The molecule has 0 bridgehead atoms. The molecule has 5 rings (SSSR count). The van der Waals surface area contributed by atoms with Crippen LogP contribution in [0.5, 0.6) is 0 Å². The van der Waals surface area contributed by atoms with E-state index < -0.39 is 0 Å². The largest absolute Gasteiger partial charge is 0.376 e. The first kappa shape index (κ1) is 15.6. The lowest BCUT2D eigenvalue weighted by atomic mass is 10.1. The molecular weight excluding hydrogens is 400 g/mol. The first-order valence-corrected chi connectivity index (χ1v) is 9.04. The van der Waals surface area contributed by atoms with Gasteiger partial charge in [-0.15, -0.1) is 0 Å². The Morgan fingerprint density at radius 3 is 3.19 bits per heavy atom. The average molecular weight is 415 g/mol. The Morgan fingerprint density at radius 1 is 1.35 bits per heavy atom. The first-order chi connectivity index (χ1) is 12.7. The maximum absolute atomic E-state index is 12.5. The number of imidazole rings is 1. The number of ether oxygens (including phenoxy) is 1. The molecule has 1 aromatic carbocycles. The van der Waals surface area contributed by atoms with Gasteiger partial charge in [-0.2, -0.15) is 0 Å². The van der Waals surface area contributed by atoms with Crippen molar-refractivity contribution in [3.63, 3.8) is 0 Å². The number of aromatic nitrogens is 3. The summed E-state index contributed by atoms with van der Waals surface area (Å²) in [4.78, 5) is 23.4. The monoisotopic (exact) mass is 414 g/mol. The van der Waals surface area contributed by atoms with E-state index >= 15 is 0 Å². The third kappa shape index (κ3) is 2.43. The van der Waals surface area contributed by atoms with E-state index in [1.165, 1.54) is 0 Å². The van der Waals surface area contributed by atoms with Crippen LogP contribution in [0.3, 0.4) is 0 Å². The summed E-state index contributed by atoms with van der Waals surface area (Å²) in [5.74, 6) is 0.531. The molecule has 1 atom stereocenters. The summed E-state index contributed by atoms with van der Waals surface area (Å²) in [5, 5.41) is 6.26. The van der Waals surface area contributed by atoms with Crippen LogP contribution >= 0.6 is 15.9 Å². The zero-order valence-electron chi connectivity index (χ0n) is 13.6. The van der Waals surface area contributed by atoms with Crippen molar-refractivity contribution in [3.05, 3.63) is 47.0 Å². The first-order valence-electron chi connectivity index (χ1n) is 8.24. The van der Waals surface area contributed by atoms with Gasteiger partial charge in [-0.25, -0.2) is 9.97 Å². The number of nitrogens with zero attached hydrogens (tertiary/aromatic N) is 4. The van der Waals surface area contributed by atoms with E-state index in [0.29, 0.717) is 30.2 Å². The van der Waals surface area contributed by atoms with Crippen molar-refractivity contribution >= 4 is 44.7 Å². The highest BCUT2D eigenvalue weighted by Crippen LogP contribution is 2.31. The number of hydrogen-bond acceptors (Lipinski definition) is 6. The van der Waals surface area contributed by atoms with E-state index in [4.69, 9.17) is 4.74 Å². The van der Waals surface area contributed by atoms with Crippen molar-refractivity contribution in [2.24, 2.45) is 0 Å². The van der Waals surface area contributed by atoms with Gasteiger partial charge in [0.15, 0.2) is 11.5 Å². The SMILES string of the molecule is O=C1NC2COCCN2c2ccc(Nc3ncc(Br)n4ccnc34)cc21. The zero-order chi connectivity index (χ0) is 17.7. The molecule has 0 aliphatic carbocycles. The highest BCUT2D eigenvalue weighted by Gasteiger charge is 2.33. The molecule has 1 saturated heterocycles. The summed E-state index contributed by atoms with van der Waals surface area (Å²) < 4.78 is 8.16. The van der Waals surface area contributed by atoms with Gasteiger partial charge in [0.1, 0.15) is 10.8 Å². The van der Waals surface area contributed by atoms with Crippen LogP contribution < -0.4 is 15.5 Å². The van der Waals surface area contributed by atoms with Crippen molar-refractivity contribution in [2.75, 3.05) is 30.0 Å². The minimum Gasteiger partial charge on any atom is -0.376 e. The van der Waals surface area contributed by atoms with Gasteiger partial charge in [-0.1, -0.05) is 0 Å². The summed E-state index contributed by atoms with van der Waals surface area (Å²) in [5.41, 5.74) is 3.06. The third-order valence-corrected chi connectivity index (χ3v) is 5.21. The molecule has 1 unspecified atom stereocenters. The van der Waals surface area contributed by atoms with Crippen molar-refractivity contribution in [1.29, 1.82) is 0 Å². The number of carbonyl (C=O) groups is 1. The van der Waals surface area contributed by atoms with E-state index in [9.17, 15) is 4.79 Å². The van der Waals surface area contributed by atoms with Gasteiger partial charge in [0, 0.05) is 24.6 Å². The van der Waals surface area contributed by atoms with Gasteiger partial charge in [0.2, 0.25) is 0 Å². The van der Waals surface area contributed by atoms with Crippen LogP contribution in [0, 0.1) is 0 Å². The predicted molar refractivity (Wildman–Crippen MR) is 99.8 cm³/mol. The van der Waals surface area contributed by atoms with Crippen molar-refractivity contribution in [2.45, 2.75) is 6.17 Å². The molecule has 3 aromatic rings. The molecule has 2 N–H and O–H groups in total. The minimum atomic E-state index is -0.0970. The molecule has 26 heavy (non-hydrogen) atoms. The highest BCUT2D eigenvalue weighted by atomic mass is 79.9. The molecule has 4 heterocycles. The highest BCUT2D eigenvalue weighted by molar-refractivity contribution is 9.10. The van der Waals surface area contributed by atoms with Crippen LogP contribution in [0.1, 0.15) is 10.4 Å². The van der Waals surface area contributed by atoms with Gasteiger partial charge >= 0.3 is 0 Å². The topological polar surface area (TPSA) is 83.8 Å². The Bertz CT molecular complexity index is 1020. The molecule has 2 aliphatic heterocycles. The molecule has 1 fully saturated rings. The standard InChI is InChI=1S/C17H15BrN6O2/c18-13-8-20-15(16-19-3-4-24(13)16)21-10-1-2-12-11(7-10)17(25)22-14-9-26-6-5-23(12)14/h1-4,7-8,14H,5-6,9H2,(H,20,21)(H,22,25). The number of carbonyl (C=O) groups excluding carboxylic acids is 1. The van der Waals surface area contributed by atoms with E-state index in [1.807, 2.05) is 28.8 Å². The summed E-state index contributed by atoms with van der Waals surface area (Å²) >= 11 is 3.45. The van der Waals surface area contributed by atoms with E-state index in [0.717, 1.165) is 22.5 Å². The maximum Gasteiger partial charge on any atom is 0.255 e. The lowest BCUT2D eigenvalue weighted by Crippen LogP contribution is -2.58. The van der Waals surface area contributed by atoms with Gasteiger partial charge < -0.3 is 20.3 Å². The van der Waals surface area contributed by atoms with Crippen LogP contribution in [0.25, 0.3) is 5.65 Å². The van der Waals surface area contributed by atoms with E-state index in [2.05, 4.69) is 41.4 Å². The van der Waals surface area contributed by atoms with Crippen molar-refractivity contribution < 1.29 is 9.53 Å². The van der Waals surface area contributed by atoms with Gasteiger partial charge in [0.25, 0.3) is 5.91 Å². The Balaban J connectivity index is 1.51. The normalized spacial score (nSPS) is 19.0. The Hall–Kier alpha value is -2.65. The fraction of sp³-hybridized carbons (Fsp3) is 0.235. The van der Waals surface area contributed by atoms with Crippen LogP contribution in [0.2, 0.25) is 0 Å². The Kier molecular flexibility index (Phi) is 3.57. The fourth-order valence-corrected chi connectivity index (χ4v) is 3.79. The van der Waals surface area contributed by atoms with E-state index in [1.54, 1.807) is 12.4 Å². The molecule has 9 heteroatoms. The molecule has 0 spiro atoms. The molecule has 2 aromatic heterocycles. The smallest absolute Gasteiger partial charge is 0.255 e. The Labute approximate surface area is 157 Å². The average Bonchev–Trinajstić information content (AvgIpc) is 3.15. The van der Waals surface area contributed by atoms with Gasteiger partial charge in [-0.05, 0) is 34.1 Å². The fourth-order valence-electron chi connectivity index (χ4n) is 3.40. The molecule has 0 radical (unpaired) electrons. The quantitative estimate of drug-likeness (QED) is 0.668. The Morgan fingerprint density at radius 2 is 2.27 bits per heavy atom. The second-order valence-electron chi connectivity index (χ2n) is 6.16. The van der Waals surface area contributed by atoms with Gasteiger partial charge in [0.05, 0.1) is 30.7 Å². The van der Waals surface area contributed by atoms with Crippen LogP contribution in [0.15, 0.2) is 41.4 Å². The molecule has 1 amide bonds. The van der Waals surface area contributed by atoms with Crippen molar-refractivity contribution in [3.8, 4) is 0 Å². The summed E-state index contributed by atoms with van der Waals surface area (Å²) in [6, 6.07) is 5.77. The van der Waals surface area contributed by atoms with Crippen LogP contribution in [-0.2, 0) is 4.74 Å². The molecular formula is C17H15BrN6O2. The number of fused-ring (bicyclic) bond motifs is 4. The van der Waals surface area contributed by atoms with Gasteiger partial charge in [-0.3, -0.25) is 9.20 Å². The lowest BCUT2D eigenvalue weighted by molar-refractivity contribution is 0.0680. The number of amides is 1. The summed E-state index contributed by atoms with van der Waals surface area (Å²) in [6.45, 7) is 1.92. The van der Waals surface area contributed by atoms with Crippen LogP contribution in [0.4, 0.5) is 17.2 Å². The third-order valence-electron chi connectivity index (χ3n) is 4.62. The number of hydrogen-bond donors (Lipinski definition) is 2. The lowest BCUT2D eigenvalue weighted by Gasteiger charge is -2.41. The molecule has 0 saturated carbocycles. The second kappa shape index (κ2) is 5.96. The number of nitrogens with one attached hydrogen (secondary N) is 2. The maximum atomic E-state index is 12.5. The molecule has 132 valence electrons. The molecule has 8 nitrogen and oxygen atoms in total. The number of benzene rings is 1. The summed E-state index contributed by atoms with van der Waals surface area (Å²) in [7, 11) is 0. The molecule has 2 aliphatic rings. The van der Waals surface area contributed by atoms with E-state index in [-0.39, 0.29) is 12.1 Å². The number of rotatable bonds is 2. The minimum absolute atomic E-state index is 0.0925. The number of anilines is 3. The van der Waals surface area contributed by atoms with Crippen molar-refractivity contribution in [1.82, 2.24) is 19.7 Å². The number of halogens is 1. The van der Waals surface area contributed by atoms with Crippen LogP contribution in [-0.4, -0.2) is 46.2 Å². The predicted octanol–water partition coefficient (Wildman–Crippen LogP) is 2.14. The zero-order valence-corrected chi connectivity index (χ0v) is 15.2. The number of morpholine rings is 1. The second-order valence-corrected chi connectivity index (χ2v) is 6.98.